The Bertz CT molecular complexity index is 766. The Morgan fingerprint density at radius 3 is 2.16 bits per heavy atom. The van der Waals surface area contributed by atoms with Crippen molar-refractivity contribution in [2.24, 2.45) is 0 Å². The molecule has 0 N–H and O–H groups in total. The van der Waals surface area contributed by atoms with Crippen LogP contribution in [0.4, 0.5) is 26.3 Å². The number of nitrogens with zero attached hydrogens (tertiary/aromatic N) is 1. The third-order valence-corrected chi connectivity index (χ3v) is 3.14. The maximum absolute atomic E-state index is 12.5. The van der Waals surface area contributed by atoms with Gasteiger partial charge >= 0.3 is 12.4 Å². The van der Waals surface area contributed by atoms with Crippen LogP contribution in [0.15, 0.2) is 36.5 Å². The van der Waals surface area contributed by atoms with Gasteiger partial charge in [-0.05, 0) is 30.7 Å². The molecule has 1 aromatic heterocycles. The van der Waals surface area contributed by atoms with E-state index in [9.17, 15) is 31.1 Å². The summed E-state index contributed by atoms with van der Waals surface area (Å²) in [4.78, 5) is 14.9. The molecule has 3 nitrogen and oxygen atoms in total. The average molecular weight is 363 g/mol. The number of Topliss-reactive ketones (excluding diaryl/α,β-unsaturated/α-hetero) is 1. The van der Waals surface area contributed by atoms with Crippen LogP contribution in [-0.4, -0.2) is 23.6 Å². The van der Waals surface area contributed by atoms with E-state index in [1.54, 1.807) is 0 Å². The van der Waals surface area contributed by atoms with Crippen LogP contribution >= 0.6 is 0 Å². The van der Waals surface area contributed by atoms with Gasteiger partial charge in [0.2, 0.25) is 0 Å². The van der Waals surface area contributed by atoms with E-state index < -0.39 is 30.4 Å². The van der Waals surface area contributed by atoms with Crippen molar-refractivity contribution in [2.45, 2.75) is 19.3 Å². The van der Waals surface area contributed by atoms with Crippen molar-refractivity contribution in [2.75, 3.05) is 6.61 Å². The van der Waals surface area contributed by atoms with Gasteiger partial charge in [-0.1, -0.05) is 12.1 Å². The van der Waals surface area contributed by atoms with E-state index >= 15 is 0 Å². The summed E-state index contributed by atoms with van der Waals surface area (Å²) in [6.45, 7) is -0.418. The molecule has 0 amide bonds. The van der Waals surface area contributed by atoms with Crippen LogP contribution in [0.25, 0.3) is 11.1 Å². The molecule has 2 aromatic rings. The molecule has 0 bridgehead atoms. The number of pyridine rings is 1. The highest BCUT2D eigenvalue weighted by molar-refractivity contribution is 5.98. The van der Waals surface area contributed by atoms with Gasteiger partial charge in [-0.25, -0.2) is 0 Å². The van der Waals surface area contributed by atoms with E-state index in [-0.39, 0.29) is 16.9 Å². The highest BCUT2D eigenvalue weighted by Crippen LogP contribution is 2.31. The van der Waals surface area contributed by atoms with Gasteiger partial charge in [0.25, 0.3) is 0 Å². The predicted molar refractivity (Wildman–Crippen MR) is 76.2 cm³/mol. The largest absolute Gasteiger partial charge is 0.483 e. The highest BCUT2D eigenvalue weighted by atomic mass is 19.4. The van der Waals surface area contributed by atoms with Crippen molar-refractivity contribution in [1.29, 1.82) is 0 Å². The van der Waals surface area contributed by atoms with Gasteiger partial charge in [-0.3, -0.25) is 9.78 Å². The Kier molecular flexibility index (Phi) is 5.05. The summed E-state index contributed by atoms with van der Waals surface area (Å²) in [6.07, 6.45) is -8.18. The summed E-state index contributed by atoms with van der Waals surface area (Å²) < 4.78 is 78.9. The van der Waals surface area contributed by atoms with Crippen LogP contribution in [0.2, 0.25) is 0 Å². The number of carbonyl (C=O) groups is 1. The molecule has 0 saturated carbocycles. The van der Waals surface area contributed by atoms with Crippen molar-refractivity contribution in [1.82, 2.24) is 4.98 Å². The van der Waals surface area contributed by atoms with Crippen LogP contribution in [0, 0.1) is 0 Å². The fourth-order valence-electron chi connectivity index (χ4n) is 2.00. The third-order valence-electron chi connectivity index (χ3n) is 3.14. The molecule has 0 aliphatic rings. The molecule has 134 valence electrons. The molecule has 0 radical (unpaired) electrons. The summed E-state index contributed by atoms with van der Waals surface area (Å²) in [7, 11) is 0. The quantitative estimate of drug-likeness (QED) is 0.572. The van der Waals surface area contributed by atoms with E-state index in [4.69, 9.17) is 0 Å². The first-order chi connectivity index (χ1) is 11.5. The number of aromatic nitrogens is 1. The number of ketones is 1. The second-order valence-electron chi connectivity index (χ2n) is 5.10. The lowest BCUT2D eigenvalue weighted by atomic mass is 10.0. The van der Waals surface area contributed by atoms with Crippen LogP contribution in [0.1, 0.15) is 23.0 Å². The monoisotopic (exact) mass is 363 g/mol. The smallest absolute Gasteiger partial charge is 0.433 e. The van der Waals surface area contributed by atoms with Gasteiger partial charge < -0.3 is 4.74 Å². The Balaban J connectivity index is 2.34. The van der Waals surface area contributed by atoms with Gasteiger partial charge in [0.15, 0.2) is 12.4 Å². The molecule has 0 saturated heterocycles. The van der Waals surface area contributed by atoms with Crippen molar-refractivity contribution in [3.63, 3.8) is 0 Å². The van der Waals surface area contributed by atoms with Crippen molar-refractivity contribution in [3.8, 4) is 16.9 Å². The van der Waals surface area contributed by atoms with Crippen LogP contribution in [0.3, 0.4) is 0 Å². The molecule has 0 aliphatic heterocycles. The lowest BCUT2D eigenvalue weighted by molar-refractivity contribution is -0.153. The number of ether oxygens (including phenoxy) is 1. The number of benzene rings is 1. The minimum Gasteiger partial charge on any atom is -0.483 e. The van der Waals surface area contributed by atoms with Crippen LogP contribution < -0.4 is 4.74 Å². The van der Waals surface area contributed by atoms with Gasteiger partial charge in [0.1, 0.15) is 11.4 Å². The number of rotatable bonds is 4. The number of hydrogen-bond acceptors (Lipinski definition) is 3. The zero-order valence-electron chi connectivity index (χ0n) is 12.7. The summed E-state index contributed by atoms with van der Waals surface area (Å²) in [5.74, 6) is -0.799. The highest BCUT2D eigenvalue weighted by Gasteiger charge is 2.32. The Labute approximate surface area is 138 Å². The summed E-state index contributed by atoms with van der Waals surface area (Å²) >= 11 is 0. The molecule has 1 heterocycles. The molecule has 9 heteroatoms. The third kappa shape index (κ3) is 4.94. The fraction of sp³-hybridized carbons (Fsp3) is 0.250. The fourth-order valence-corrected chi connectivity index (χ4v) is 2.00. The molecule has 25 heavy (non-hydrogen) atoms. The summed E-state index contributed by atoms with van der Waals surface area (Å²) in [5.41, 5.74) is -0.585. The maximum atomic E-state index is 12.5. The first kappa shape index (κ1) is 18.8. The lowest BCUT2D eigenvalue weighted by Gasteiger charge is -2.13. The summed E-state index contributed by atoms with van der Waals surface area (Å²) in [5, 5.41) is 0. The minimum absolute atomic E-state index is 0.110. The van der Waals surface area contributed by atoms with Gasteiger partial charge in [-0.2, -0.15) is 26.3 Å². The van der Waals surface area contributed by atoms with Gasteiger partial charge in [0.05, 0.1) is 5.56 Å². The number of alkyl halides is 6. The number of hydrogen-bond donors (Lipinski definition) is 0. The Hall–Kier alpha value is -2.58. The number of carbonyl (C=O) groups excluding carboxylic acids is 1. The minimum atomic E-state index is -4.58. The molecule has 1 aromatic carbocycles. The molecule has 2 rings (SSSR count). The maximum Gasteiger partial charge on any atom is 0.433 e. The average Bonchev–Trinajstić information content (AvgIpc) is 2.51. The predicted octanol–water partition coefficient (Wildman–Crippen LogP) is 4.91. The van der Waals surface area contributed by atoms with Gasteiger partial charge in [-0.15, -0.1) is 0 Å². The zero-order valence-corrected chi connectivity index (χ0v) is 12.7. The van der Waals surface area contributed by atoms with Crippen molar-refractivity contribution < 1.29 is 35.9 Å². The lowest BCUT2D eigenvalue weighted by Crippen LogP contribution is -2.20. The SMILES string of the molecule is CC(=O)c1cc(-c2ccc(C(F)(F)F)nc2)ccc1OCC(F)(F)F. The first-order valence-corrected chi connectivity index (χ1v) is 6.85. The normalized spacial score (nSPS) is 12.1. The van der Waals surface area contributed by atoms with E-state index in [1.165, 1.54) is 12.1 Å². The second-order valence-corrected chi connectivity index (χ2v) is 5.10. The molecular weight excluding hydrogens is 352 g/mol. The van der Waals surface area contributed by atoms with E-state index in [0.29, 0.717) is 5.56 Å². The zero-order chi connectivity index (χ0) is 18.8. The molecule has 0 atom stereocenters. The molecule has 0 unspecified atom stereocenters. The molecule has 0 spiro atoms. The van der Waals surface area contributed by atoms with Crippen molar-refractivity contribution in [3.05, 3.63) is 47.8 Å². The van der Waals surface area contributed by atoms with E-state index in [2.05, 4.69) is 9.72 Å². The standard InChI is InChI=1S/C16H11F6NO2/c1-9(24)12-6-10(2-4-13(12)25-8-15(17,18)19)11-3-5-14(23-7-11)16(20,21)22/h2-7H,8H2,1H3. The first-order valence-electron chi connectivity index (χ1n) is 6.85. The Morgan fingerprint density at radius 1 is 1.04 bits per heavy atom. The molecule has 0 aliphatic carbocycles. The van der Waals surface area contributed by atoms with Crippen LogP contribution in [0.5, 0.6) is 5.75 Å². The van der Waals surface area contributed by atoms with E-state index in [0.717, 1.165) is 31.3 Å². The number of halogens is 6. The summed E-state index contributed by atoms with van der Waals surface area (Å²) in [6, 6.07) is 5.68. The van der Waals surface area contributed by atoms with Crippen LogP contribution in [-0.2, 0) is 6.18 Å². The molecular formula is C16H11F6NO2. The Morgan fingerprint density at radius 2 is 1.68 bits per heavy atom. The van der Waals surface area contributed by atoms with Crippen molar-refractivity contribution >= 4 is 5.78 Å². The molecule has 0 fully saturated rings. The van der Waals surface area contributed by atoms with E-state index in [1.807, 2.05) is 0 Å². The second kappa shape index (κ2) is 6.73. The van der Waals surface area contributed by atoms with Gasteiger partial charge in [0, 0.05) is 11.8 Å². The topological polar surface area (TPSA) is 39.2 Å².